The summed E-state index contributed by atoms with van der Waals surface area (Å²) in [6, 6.07) is 20.0. The van der Waals surface area contributed by atoms with E-state index < -0.39 is 23.9 Å². The van der Waals surface area contributed by atoms with Gasteiger partial charge in [-0.2, -0.15) is 0 Å². The molecule has 9 heteroatoms. The van der Waals surface area contributed by atoms with Crippen molar-refractivity contribution < 1.29 is 42.9 Å². The Hall–Kier alpha value is -5.70. The van der Waals surface area contributed by atoms with Crippen LogP contribution in [-0.4, -0.2) is 43.7 Å². The highest BCUT2D eigenvalue weighted by Gasteiger charge is 2.16. The van der Waals surface area contributed by atoms with Gasteiger partial charge in [0.25, 0.3) is 0 Å². The molecule has 0 N–H and O–H groups in total. The van der Waals surface area contributed by atoms with Crippen LogP contribution in [-0.2, 0) is 28.7 Å². The highest BCUT2D eigenvalue weighted by Crippen LogP contribution is 2.25. The molecule has 0 heterocycles. The SMILES string of the molecule is C=C(C)C(=O)OCC(CCOc1ccc(-c2ccc(/C=C/C(=O)Oc3ccc(OC(=O)C(=C)C)cc3C)cc2)cc1)COC(=O)C(=C)C. The normalized spacial score (nSPS) is 10.7. The molecule has 0 aliphatic heterocycles. The maximum Gasteiger partial charge on any atom is 0.338 e. The molecule has 0 atom stereocenters. The van der Waals surface area contributed by atoms with Crippen molar-refractivity contribution in [1.82, 2.24) is 0 Å². The van der Waals surface area contributed by atoms with Gasteiger partial charge in [-0.05, 0) is 92.8 Å². The van der Waals surface area contributed by atoms with Gasteiger partial charge >= 0.3 is 23.9 Å². The van der Waals surface area contributed by atoms with Crippen molar-refractivity contribution >= 4 is 30.0 Å². The molecule has 0 fully saturated rings. The second-order valence-electron chi connectivity index (χ2n) is 11.3. The highest BCUT2D eigenvalue weighted by molar-refractivity contribution is 5.90. The molecule has 9 nitrogen and oxygen atoms in total. The lowest BCUT2D eigenvalue weighted by atomic mass is 10.0. The Labute approximate surface area is 281 Å². The van der Waals surface area contributed by atoms with Crippen molar-refractivity contribution in [3.8, 4) is 28.4 Å². The molecule has 3 aromatic rings. The zero-order valence-electron chi connectivity index (χ0n) is 27.7. The lowest BCUT2D eigenvalue weighted by Gasteiger charge is -2.18. The minimum Gasteiger partial charge on any atom is -0.494 e. The molecule has 3 rings (SSSR count). The summed E-state index contributed by atoms with van der Waals surface area (Å²) in [6.07, 6.45) is 3.48. The van der Waals surface area contributed by atoms with E-state index in [-0.39, 0.29) is 35.9 Å². The van der Waals surface area contributed by atoms with E-state index in [0.717, 1.165) is 16.7 Å². The third kappa shape index (κ3) is 11.9. The molecule has 0 radical (unpaired) electrons. The summed E-state index contributed by atoms with van der Waals surface area (Å²) in [5, 5.41) is 0. The minimum absolute atomic E-state index is 0.0632. The molecule has 0 bridgehead atoms. The second kappa shape index (κ2) is 17.9. The largest absolute Gasteiger partial charge is 0.494 e. The van der Waals surface area contributed by atoms with Crippen LogP contribution in [0.1, 0.15) is 38.3 Å². The lowest BCUT2D eigenvalue weighted by molar-refractivity contribution is -0.144. The van der Waals surface area contributed by atoms with Crippen LogP contribution in [0.15, 0.2) is 109 Å². The molecule has 0 saturated carbocycles. The number of ether oxygens (including phenoxy) is 5. The average Bonchev–Trinajstić information content (AvgIpc) is 3.06. The molecule has 0 spiro atoms. The standard InChI is InChI=1S/C39H40O9/c1-25(2)37(41)45-23-30(24-46-38(42)26(3)4)20-21-44-33-15-13-32(14-16-33)31-11-8-29(9-12-31)10-19-36(40)48-35-18-17-34(22-28(35)7)47-39(43)27(5)6/h8-19,22,30H,1,3,5,20-21,23-24H2,2,4,6-7H3/b19-10+. The van der Waals surface area contributed by atoms with E-state index in [9.17, 15) is 19.2 Å². The van der Waals surface area contributed by atoms with Crippen molar-refractivity contribution in [2.24, 2.45) is 5.92 Å². The summed E-state index contributed by atoms with van der Waals surface area (Å²) in [5.41, 5.74) is 4.26. The number of esters is 4. The fraction of sp³-hybridized carbons (Fsp3) is 0.231. The van der Waals surface area contributed by atoms with E-state index in [2.05, 4.69) is 19.7 Å². The third-order valence-electron chi connectivity index (χ3n) is 6.82. The van der Waals surface area contributed by atoms with E-state index in [1.165, 1.54) is 6.08 Å². The Kier molecular flexibility index (Phi) is 13.7. The van der Waals surface area contributed by atoms with Crippen LogP contribution < -0.4 is 14.2 Å². The molecule has 48 heavy (non-hydrogen) atoms. The van der Waals surface area contributed by atoms with Crippen LogP contribution in [0.25, 0.3) is 17.2 Å². The van der Waals surface area contributed by atoms with Crippen LogP contribution in [0.2, 0.25) is 0 Å². The number of benzene rings is 3. The molecule has 3 aromatic carbocycles. The van der Waals surface area contributed by atoms with Gasteiger partial charge in [0, 0.05) is 28.7 Å². The lowest BCUT2D eigenvalue weighted by Crippen LogP contribution is -2.23. The molecular formula is C39H40O9. The van der Waals surface area contributed by atoms with E-state index in [0.29, 0.717) is 35.8 Å². The molecule has 0 aliphatic rings. The van der Waals surface area contributed by atoms with Gasteiger partial charge < -0.3 is 23.7 Å². The minimum atomic E-state index is -0.545. The van der Waals surface area contributed by atoms with Crippen LogP contribution >= 0.6 is 0 Å². The third-order valence-corrected chi connectivity index (χ3v) is 6.82. The van der Waals surface area contributed by atoms with Gasteiger partial charge in [0.15, 0.2) is 0 Å². The zero-order chi connectivity index (χ0) is 35.2. The summed E-state index contributed by atoms with van der Waals surface area (Å²) in [7, 11) is 0. The molecule has 0 amide bonds. The number of carbonyl (C=O) groups excluding carboxylic acids is 4. The Morgan fingerprint density at radius 2 is 1.21 bits per heavy atom. The van der Waals surface area contributed by atoms with Crippen LogP contribution in [0.5, 0.6) is 17.2 Å². The number of aryl methyl sites for hydroxylation is 1. The van der Waals surface area contributed by atoms with E-state index in [4.69, 9.17) is 23.7 Å². The predicted octanol–water partition coefficient (Wildman–Crippen LogP) is 7.39. The zero-order valence-corrected chi connectivity index (χ0v) is 27.7. The van der Waals surface area contributed by atoms with Gasteiger partial charge in [-0.25, -0.2) is 19.2 Å². The topological polar surface area (TPSA) is 114 Å². The van der Waals surface area contributed by atoms with Crippen molar-refractivity contribution in [2.75, 3.05) is 19.8 Å². The Bertz CT molecular complexity index is 1670. The van der Waals surface area contributed by atoms with Crippen molar-refractivity contribution in [2.45, 2.75) is 34.1 Å². The summed E-state index contributed by atoms with van der Waals surface area (Å²) >= 11 is 0. The number of rotatable bonds is 16. The first-order valence-corrected chi connectivity index (χ1v) is 15.2. The quantitative estimate of drug-likeness (QED) is 0.0888. The molecular weight excluding hydrogens is 612 g/mol. The first-order chi connectivity index (χ1) is 22.8. The molecule has 0 saturated heterocycles. The average molecular weight is 653 g/mol. The van der Waals surface area contributed by atoms with Crippen molar-refractivity contribution in [3.63, 3.8) is 0 Å². The number of hydrogen-bond donors (Lipinski definition) is 0. The Morgan fingerprint density at radius 1 is 0.688 bits per heavy atom. The Morgan fingerprint density at radius 3 is 1.73 bits per heavy atom. The first-order valence-electron chi connectivity index (χ1n) is 15.2. The summed E-state index contributed by atoms with van der Waals surface area (Å²) < 4.78 is 27.1. The monoisotopic (exact) mass is 652 g/mol. The van der Waals surface area contributed by atoms with Gasteiger partial charge in [-0.15, -0.1) is 0 Å². The van der Waals surface area contributed by atoms with Crippen molar-refractivity contribution in [3.05, 3.63) is 120 Å². The first kappa shape index (κ1) is 36.8. The second-order valence-corrected chi connectivity index (χ2v) is 11.3. The Balaban J connectivity index is 1.51. The van der Waals surface area contributed by atoms with Gasteiger partial charge in [0.2, 0.25) is 0 Å². The van der Waals surface area contributed by atoms with Gasteiger partial charge in [-0.1, -0.05) is 56.1 Å². The maximum absolute atomic E-state index is 12.4. The number of carbonyl (C=O) groups is 4. The highest BCUT2D eigenvalue weighted by atomic mass is 16.6. The smallest absolute Gasteiger partial charge is 0.338 e. The van der Waals surface area contributed by atoms with E-state index in [1.54, 1.807) is 52.0 Å². The maximum atomic E-state index is 12.4. The van der Waals surface area contributed by atoms with Crippen LogP contribution in [0.3, 0.4) is 0 Å². The fourth-order valence-electron chi connectivity index (χ4n) is 4.02. The predicted molar refractivity (Wildman–Crippen MR) is 183 cm³/mol. The number of hydrogen-bond acceptors (Lipinski definition) is 9. The fourth-order valence-corrected chi connectivity index (χ4v) is 4.02. The summed E-state index contributed by atoms with van der Waals surface area (Å²) in [6.45, 7) is 17.6. The van der Waals surface area contributed by atoms with Crippen LogP contribution in [0.4, 0.5) is 0 Å². The van der Waals surface area contributed by atoms with Gasteiger partial charge in [-0.3, -0.25) is 0 Å². The van der Waals surface area contributed by atoms with E-state index >= 15 is 0 Å². The van der Waals surface area contributed by atoms with Gasteiger partial charge in [0.1, 0.15) is 17.2 Å². The van der Waals surface area contributed by atoms with Gasteiger partial charge in [0.05, 0.1) is 19.8 Å². The summed E-state index contributed by atoms with van der Waals surface area (Å²) in [5.74, 6) is -0.997. The molecule has 250 valence electrons. The van der Waals surface area contributed by atoms with E-state index in [1.807, 2.05) is 48.5 Å². The van der Waals surface area contributed by atoms with Crippen molar-refractivity contribution in [1.29, 1.82) is 0 Å². The molecule has 0 aromatic heterocycles. The molecule has 0 aliphatic carbocycles. The summed E-state index contributed by atoms with van der Waals surface area (Å²) in [4.78, 5) is 47.8. The van der Waals surface area contributed by atoms with Crippen LogP contribution in [0, 0.1) is 12.8 Å². The molecule has 0 unspecified atom stereocenters.